The third kappa shape index (κ3) is 5.70. The fourth-order valence-corrected chi connectivity index (χ4v) is 3.25. The molecule has 0 aliphatic rings. The van der Waals surface area contributed by atoms with Crippen LogP contribution in [0.3, 0.4) is 0 Å². The largest absolute Gasteiger partial charge is 0.438 e. The van der Waals surface area contributed by atoms with E-state index in [1.807, 2.05) is 6.07 Å². The minimum absolute atomic E-state index is 0.0377. The summed E-state index contributed by atoms with van der Waals surface area (Å²) in [5, 5.41) is 29.1. The third-order valence-corrected chi connectivity index (χ3v) is 5.07. The van der Waals surface area contributed by atoms with E-state index >= 15 is 0 Å². The van der Waals surface area contributed by atoms with E-state index in [-0.39, 0.29) is 37.2 Å². The molecule has 35 heavy (non-hydrogen) atoms. The van der Waals surface area contributed by atoms with E-state index in [2.05, 4.69) is 20.5 Å². The molecular weight excluding hydrogens is 474 g/mol. The zero-order chi connectivity index (χ0) is 24.8. The molecule has 2 aromatic carbocycles. The summed E-state index contributed by atoms with van der Waals surface area (Å²) in [6.07, 6.45) is 0. The van der Waals surface area contributed by atoms with Gasteiger partial charge in [0, 0.05) is 16.8 Å². The summed E-state index contributed by atoms with van der Waals surface area (Å²) in [7, 11) is 0. The van der Waals surface area contributed by atoms with Gasteiger partial charge in [0.1, 0.15) is 11.8 Å². The molecule has 0 amide bonds. The smallest absolute Gasteiger partial charge is 0.355 e. The lowest BCUT2D eigenvalue weighted by Gasteiger charge is -2.15. The highest BCUT2D eigenvalue weighted by Gasteiger charge is 2.14. The maximum atomic E-state index is 13.0. The molecule has 11 nitrogen and oxygen atoms in total. The van der Waals surface area contributed by atoms with Gasteiger partial charge in [-0.25, -0.2) is 14.2 Å². The number of rotatable bonds is 8. The van der Waals surface area contributed by atoms with Crippen LogP contribution >= 0.6 is 11.6 Å². The van der Waals surface area contributed by atoms with Gasteiger partial charge < -0.3 is 15.2 Å². The quantitative estimate of drug-likeness (QED) is 0.378. The Morgan fingerprint density at radius 2 is 1.74 bits per heavy atom. The van der Waals surface area contributed by atoms with Gasteiger partial charge in [-0.2, -0.15) is 10.2 Å². The minimum Gasteiger partial charge on any atom is -0.438 e. The van der Waals surface area contributed by atoms with Crippen LogP contribution in [0, 0.1) is 11.3 Å². The molecule has 2 N–H and O–H groups in total. The normalized spacial score (nSPS) is 10.5. The van der Waals surface area contributed by atoms with Gasteiger partial charge >= 0.3 is 11.4 Å². The molecule has 4 aromatic rings. The van der Waals surface area contributed by atoms with Crippen molar-refractivity contribution in [1.82, 2.24) is 24.3 Å². The summed E-state index contributed by atoms with van der Waals surface area (Å²) in [6.45, 7) is -0.429. The summed E-state index contributed by atoms with van der Waals surface area (Å²) in [5.41, 5.74) is 0.0891. The molecule has 0 unspecified atom stereocenters. The lowest BCUT2D eigenvalue weighted by atomic mass is 10.2. The molecule has 12 heteroatoms. The van der Waals surface area contributed by atoms with Crippen molar-refractivity contribution in [2.45, 2.75) is 13.1 Å². The minimum atomic E-state index is -0.779. The summed E-state index contributed by atoms with van der Waals surface area (Å²) < 4.78 is 7.78. The predicted octanol–water partition coefficient (Wildman–Crippen LogP) is 2.30. The Hall–Kier alpha value is -4.53. The molecule has 0 bridgehead atoms. The maximum absolute atomic E-state index is 13.0. The Morgan fingerprint density at radius 3 is 2.37 bits per heavy atom. The van der Waals surface area contributed by atoms with E-state index in [0.717, 1.165) is 10.1 Å². The number of nitriles is 1. The average molecular weight is 492 g/mol. The fraction of sp³-hybridized carbons (Fsp3) is 0.130. The van der Waals surface area contributed by atoms with Gasteiger partial charge in [0.2, 0.25) is 11.8 Å². The van der Waals surface area contributed by atoms with Crippen LogP contribution in [-0.4, -0.2) is 36.0 Å². The maximum Gasteiger partial charge on any atom is 0.355 e. The average Bonchev–Trinajstić information content (AvgIpc) is 2.87. The topological polar surface area (TPSA) is 148 Å². The highest BCUT2D eigenvalue weighted by atomic mass is 35.5. The molecule has 0 radical (unpaired) electrons. The van der Waals surface area contributed by atoms with Crippen LogP contribution in [0.15, 0.2) is 70.3 Å². The second-order valence-corrected chi connectivity index (χ2v) is 7.64. The Bertz CT molecular complexity index is 1480. The number of aliphatic hydroxyl groups excluding tert-OH is 1. The standard InChI is InChI=1S/C23H18ClN7O4/c24-16-3-1-15(2-4-16)14-31-21(27-22(33)30(11-12-32)23(31)34)26-17-5-8-19(9-6-17)35-20-10-7-18(13-25)28-29-20/h1-10,32H,11-12,14H2,(H,26,27,33). The van der Waals surface area contributed by atoms with Crippen LogP contribution in [-0.2, 0) is 13.1 Å². The van der Waals surface area contributed by atoms with E-state index in [0.29, 0.717) is 16.5 Å². The van der Waals surface area contributed by atoms with Gasteiger partial charge in [-0.15, -0.1) is 10.2 Å². The number of ether oxygens (including phenoxy) is 1. The van der Waals surface area contributed by atoms with Crippen LogP contribution in [0.1, 0.15) is 11.3 Å². The zero-order valence-corrected chi connectivity index (χ0v) is 18.9. The number of nitrogens with zero attached hydrogens (tertiary/aromatic N) is 6. The molecule has 0 aliphatic carbocycles. The number of anilines is 2. The van der Waals surface area contributed by atoms with Crippen LogP contribution in [0.4, 0.5) is 11.6 Å². The fourth-order valence-electron chi connectivity index (χ4n) is 3.12. The van der Waals surface area contributed by atoms with Crippen LogP contribution in [0.5, 0.6) is 11.6 Å². The first kappa shape index (κ1) is 23.6. The second kappa shape index (κ2) is 10.6. The van der Waals surface area contributed by atoms with Gasteiger partial charge in [-0.05, 0) is 48.0 Å². The van der Waals surface area contributed by atoms with Crippen molar-refractivity contribution in [2.75, 3.05) is 11.9 Å². The van der Waals surface area contributed by atoms with Crippen LogP contribution < -0.4 is 21.4 Å². The Labute approximate surface area is 203 Å². The van der Waals surface area contributed by atoms with E-state index in [4.69, 9.17) is 21.6 Å². The number of aromatic nitrogens is 5. The predicted molar refractivity (Wildman–Crippen MR) is 127 cm³/mol. The Morgan fingerprint density at radius 1 is 1.00 bits per heavy atom. The number of hydrogen-bond donors (Lipinski definition) is 2. The van der Waals surface area contributed by atoms with Crippen molar-refractivity contribution in [3.8, 4) is 17.7 Å². The molecule has 176 valence electrons. The molecule has 0 saturated carbocycles. The first-order chi connectivity index (χ1) is 17.0. The van der Waals surface area contributed by atoms with Crippen LogP contribution in [0.25, 0.3) is 0 Å². The van der Waals surface area contributed by atoms with Gasteiger partial charge in [0.05, 0.1) is 19.7 Å². The van der Waals surface area contributed by atoms with E-state index in [1.165, 1.54) is 16.7 Å². The molecule has 0 fully saturated rings. The lowest BCUT2D eigenvalue weighted by molar-refractivity contribution is 0.268. The Balaban J connectivity index is 1.60. The van der Waals surface area contributed by atoms with Gasteiger partial charge in [0.15, 0.2) is 5.69 Å². The third-order valence-electron chi connectivity index (χ3n) is 4.81. The molecule has 0 spiro atoms. The van der Waals surface area contributed by atoms with Gasteiger partial charge in [-0.3, -0.25) is 4.57 Å². The van der Waals surface area contributed by atoms with Crippen molar-refractivity contribution in [2.24, 2.45) is 0 Å². The monoisotopic (exact) mass is 491 g/mol. The number of halogens is 1. The van der Waals surface area contributed by atoms with E-state index in [1.54, 1.807) is 48.5 Å². The molecule has 2 heterocycles. The molecule has 0 saturated heterocycles. The summed E-state index contributed by atoms with van der Waals surface area (Å²) in [6, 6.07) is 18.5. The van der Waals surface area contributed by atoms with Crippen molar-refractivity contribution < 1.29 is 9.84 Å². The molecule has 4 rings (SSSR count). The van der Waals surface area contributed by atoms with E-state index < -0.39 is 11.4 Å². The number of benzene rings is 2. The van der Waals surface area contributed by atoms with Crippen molar-refractivity contribution in [3.63, 3.8) is 0 Å². The van der Waals surface area contributed by atoms with Gasteiger partial charge in [-0.1, -0.05) is 23.7 Å². The van der Waals surface area contributed by atoms with E-state index in [9.17, 15) is 14.7 Å². The first-order valence-electron chi connectivity index (χ1n) is 10.3. The summed E-state index contributed by atoms with van der Waals surface area (Å²) in [4.78, 5) is 29.4. The molecule has 0 aliphatic heterocycles. The molecular formula is C23H18ClN7O4. The summed E-state index contributed by atoms with van der Waals surface area (Å²) in [5.74, 6) is 0.714. The van der Waals surface area contributed by atoms with Crippen molar-refractivity contribution >= 4 is 23.2 Å². The highest BCUT2D eigenvalue weighted by Crippen LogP contribution is 2.22. The number of nitrogens with one attached hydrogen (secondary N) is 1. The second-order valence-electron chi connectivity index (χ2n) is 7.21. The Kier molecular flexibility index (Phi) is 7.15. The first-order valence-corrected chi connectivity index (χ1v) is 10.7. The van der Waals surface area contributed by atoms with Crippen molar-refractivity contribution in [3.05, 3.63) is 97.9 Å². The SMILES string of the molecule is N#Cc1ccc(Oc2ccc(Nc3nc(=O)n(CCO)c(=O)n3Cc3ccc(Cl)cc3)cc2)nn1. The number of hydrogen-bond acceptors (Lipinski definition) is 9. The zero-order valence-electron chi connectivity index (χ0n) is 18.1. The van der Waals surface area contributed by atoms with Gasteiger partial charge in [0.25, 0.3) is 0 Å². The molecule has 2 aromatic heterocycles. The summed E-state index contributed by atoms with van der Waals surface area (Å²) >= 11 is 5.95. The lowest BCUT2D eigenvalue weighted by Crippen LogP contribution is -2.43. The number of aliphatic hydroxyl groups is 1. The van der Waals surface area contributed by atoms with Crippen LogP contribution in [0.2, 0.25) is 5.02 Å². The van der Waals surface area contributed by atoms with Crippen molar-refractivity contribution in [1.29, 1.82) is 5.26 Å². The molecule has 0 atom stereocenters. The highest BCUT2D eigenvalue weighted by molar-refractivity contribution is 6.30.